The van der Waals surface area contributed by atoms with Gasteiger partial charge in [0, 0.05) is 28.4 Å². The maximum Gasteiger partial charge on any atom is 0.255 e. The second-order valence-electron chi connectivity index (χ2n) is 3.94. The summed E-state index contributed by atoms with van der Waals surface area (Å²) in [6, 6.07) is 17.2. The molecule has 0 saturated heterocycles. The summed E-state index contributed by atoms with van der Waals surface area (Å²) in [6.07, 6.45) is 1.89. The van der Waals surface area contributed by atoms with E-state index in [-0.39, 0.29) is 5.56 Å². The monoisotopic (exact) mass is 253 g/mol. The van der Waals surface area contributed by atoms with Crippen LogP contribution in [0.1, 0.15) is 0 Å². The van der Waals surface area contributed by atoms with Crippen molar-refractivity contribution in [1.82, 2.24) is 4.57 Å². The number of pyridine rings is 1. The molecule has 0 amide bonds. The van der Waals surface area contributed by atoms with Crippen LogP contribution in [0.5, 0.6) is 0 Å². The minimum Gasteiger partial charge on any atom is -0.284 e. The van der Waals surface area contributed by atoms with Gasteiger partial charge in [-0.2, -0.15) is 0 Å². The maximum atomic E-state index is 11.9. The van der Waals surface area contributed by atoms with Gasteiger partial charge in [0.15, 0.2) is 0 Å². The summed E-state index contributed by atoms with van der Waals surface area (Å²) in [6.45, 7) is 0. The second-order valence-corrected chi connectivity index (χ2v) is 4.89. The number of para-hydroxylation sites is 1. The van der Waals surface area contributed by atoms with Crippen LogP contribution in [-0.2, 0) is 0 Å². The number of hydrogen-bond acceptors (Lipinski definition) is 2. The highest BCUT2D eigenvalue weighted by atomic mass is 32.1. The number of aromatic nitrogens is 1. The van der Waals surface area contributed by atoms with Crippen molar-refractivity contribution >= 4 is 11.3 Å². The van der Waals surface area contributed by atoms with Crippen molar-refractivity contribution in [2.45, 2.75) is 0 Å². The zero-order valence-electron chi connectivity index (χ0n) is 9.61. The fourth-order valence-electron chi connectivity index (χ4n) is 1.87. The Kier molecular flexibility index (Phi) is 2.82. The smallest absolute Gasteiger partial charge is 0.255 e. The molecule has 1 aromatic carbocycles. The van der Waals surface area contributed by atoms with Gasteiger partial charge in [0.25, 0.3) is 5.56 Å². The molecular weight excluding hydrogens is 242 g/mol. The number of benzene rings is 1. The number of rotatable bonds is 2. The lowest BCUT2D eigenvalue weighted by molar-refractivity contribution is 0.993. The average molecular weight is 253 g/mol. The van der Waals surface area contributed by atoms with Gasteiger partial charge < -0.3 is 0 Å². The molecule has 0 spiro atoms. The number of hydrogen-bond donors (Lipinski definition) is 0. The van der Waals surface area contributed by atoms with Crippen LogP contribution in [0.4, 0.5) is 0 Å². The van der Waals surface area contributed by atoms with Crippen molar-refractivity contribution in [3.8, 4) is 16.1 Å². The van der Waals surface area contributed by atoms with Gasteiger partial charge in [0.2, 0.25) is 0 Å². The highest BCUT2D eigenvalue weighted by Crippen LogP contribution is 2.23. The molecule has 3 aromatic rings. The molecule has 0 unspecified atom stereocenters. The Bertz CT molecular complexity index is 699. The van der Waals surface area contributed by atoms with Crippen LogP contribution in [0, 0.1) is 0 Å². The Morgan fingerprint density at radius 1 is 0.889 bits per heavy atom. The van der Waals surface area contributed by atoms with E-state index in [9.17, 15) is 4.79 Å². The van der Waals surface area contributed by atoms with Crippen LogP contribution < -0.4 is 5.56 Å². The third kappa shape index (κ3) is 2.00. The Labute approximate surface area is 109 Å². The van der Waals surface area contributed by atoms with Crippen LogP contribution in [0.25, 0.3) is 16.1 Å². The fraction of sp³-hybridized carbons (Fsp3) is 0. The van der Waals surface area contributed by atoms with Crippen LogP contribution in [0.15, 0.2) is 71.0 Å². The predicted molar refractivity (Wildman–Crippen MR) is 75.4 cm³/mol. The third-order valence-corrected chi connectivity index (χ3v) is 3.67. The van der Waals surface area contributed by atoms with E-state index >= 15 is 0 Å². The first-order valence-electron chi connectivity index (χ1n) is 5.66. The summed E-state index contributed by atoms with van der Waals surface area (Å²) in [4.78, 5) is 13.1. The van der Waals surface area contributed by atoms with Gasteiger partial charge in [-0.15, -0.1) is 11.3 Å². The van der Waals surface area contributed by atoms with Crippen molar-refractivity contribution in [2.75, 3.05) is 0 Å². The highest BCUT2D eigenvalue weighted by Gasteiger charge is 2.03. The Morgan fingerprint density at radius 3 is 2.44 bits per heavy atom. The van der Waals surface area contributed by atoms with Crippen LogP contribution in [0.3, 0.4) is 0 Å². The van der Waals surface area contributed by atoms with Crippen molar-refractivity contribution in [3.63, 3.8) is 0 Å². The average Bonchev–Trinajstić information content (AvgIpc) is 2.94. The molecule has 2 nitrogen and oxygen atoms in total. The quantitative estimate of drug-likeness (QED) is 0.684. The lowest BCUT2D eigenvalue weighted by Gasteiger charge is -2.07. The maximum absolute atomic E-state index is 11.9. The van der Waals surface area contributed by atoms with E-state index in [2.05, 4.69) is 6.07 Å². The van der Waals surface area contributed by atoms with Crippen molar-refractivity contribution in [3.05, 3.63) is 76.5 Å². The molecule has 3 rings (SSSR count). The summed E-state index contributed by atoms with van der Waals surface area (Å²) in [5.41, 5.74) is 1.94. The molecule has 2 aromatic heterocycles. The molecule has 2 heterocycles. The van der Waals surface area contributed by atoms with Crippen LogP contribution >= 0.6 is 11.3 Å². The lowest BCUT2D eigenvalue weighted by Crippen LogP contribution is -2.16. The Balaban J connectivity index is 2.16. The largest absolute Gasteiger partial charge is 0.284 e. The highest BCUT2D eigenvalue weighted by molar-refractivity contribution is 7.13. The zero-order valence-corrected chi connectivity index (χ0v) is 10.4. The second kappa shape index (κ2) is 4.63. The summed E-state index contributed by atoms with van der Waals surface area (Å²) in [5, 5.41) is 2.04. The van der Waals surface area contributed by atoms with Crippen molar-refractivity contribution in [1.29, 1.82) is 0 Å². The van der Waals surface area contributed by atoms with E-state index in [0.29, 0.717) is 0 Å². The third-order valence-electron chi connectivity index (χ3n) is 2.75. The van der Waals surface area contributed by atoms with E-state index in [1.165, 1.54) is 4.88 Å². The van der Waals surface area contributed by atoms with Crippen molar-refractivity contribution < 1.29 is 0 Å². The molecule has 0 bridgehead atoms. The van der Waals surface area contributed by atoms with E-state index in [1.807, 2.05) is 54.0 Å². The molecule has 0 saturated carbocycles. The van der Waals surface area contributed by atoms with Gasteiger partial charge in [0.1, 0.15) is 0 Å². The zero-order chi connectivity index (χ0) is 12.4. The van der Waals surface area contributed by atoms with Crippen LogP contribution in [-0.4, -0.2) is 4.57 Å². The van der Waals surface area contributed by atoms with Gasteiger partial charge in [-0.3, -0.25) is 9.36 Å². The molecule has 3 heteroatoms. The molecule has 88 valence electrons. The molecule has 0 atom stereocenters. The van der Waals surface area contributed by atoms with Crippen LogP contribution in [0.2, 0.25) is 0 Å². The van der Waals surface area contributed by atoms with E-state index < -0.39 is 0 Å². The molecule has 18 heavy (non-hydrogen) atoms. The van der Waals surface area contributed by atoms with Gasteiger partial charge in [-0.1, -0.05) is 24.3 Å². The Morgan fingerprint density at radius 2 is 1.72 bits per heavy atom. The van der Waals surface area contributed by atoms with Gasteiger partial charge >= 0.3 is 0 Å². The first kappa shape index (κ1) is 11.0. The first-order valence-corrected chi connectivity index (χ1v) is 6.54. The topological polar surface area (TPSA) is 22.0 Å². The molecule has 0 aliphatic rings. The molecule has 0 N–H and O–H groups in total. The van der Waals surface area contributed by atoms with E-state index in [0.717, 1.165) is 11.3 Å². The first-order chi connectivity index (χ1) is 8.84. The summed E-state index contributed by atoms with van der Waals surface area (Å²) in [7, 11) is 0. The molecule has 0 fully saturated rings. The molecule has 0 aliphatic carbocycles. The van der Waals surface area contributed by atoms with Gasteiger partial charge in [-0.05, 0) is 29.6 Å². The molecular formula is C15H11NOS. The normalized spacial score (nSPS) is 10.4. The van der Waals surface area contributed by atoms with E-state index in [1.54, 1.807) is 22.0 Å². The van der Waals surface area contributed by atoms with Crippen molar-refractivity contribution in [2.24, 2.45) is 0 Å². The SMILES string of the molecule is O=c1ccc(-c2cccs2)cn1-c1ccccc1. The lowest BCUT2D eigenvalue weighted by atomic mass is 10.2. The number of thiophene rings is 1. The van der Waals surface area contributed by atoms with E-state index in [4.69, 9.17) is 0 Å². The summed E-state index contributed by atoms with van der Waals surface area (Å²) < 4.78 is 1.68. The Hall–Kier alpha value is -2.13. The molecule has 0 aliphatic heterocycles. The minimum atomic E-state index is -0.0125. The summed E-state index contributed by atoms with van der Waals surface area (Å²) in [5.74, 6) is 0. The van der Waals surface area contributed by atoms with Gasteiger partial charge in [-0.25, -0.2) is 0 Å². The number of nitrogens with zero attached hydrogens (tertiary/aromatic N) is 1. The summed E-state index contributed by atoms with van der Waals surface area (Å²) >= 11 is 1.67. The predicted octanol–water partition coefficient (Wildman–Crippen LogP) is 3.57. The van der Waals surface area contributed by atoms with Gasteiger partial charge in [0.05, 0.1) is 0 Å². The minimum absolute atomic E-state index is 0.0125. The standard InChI is InChI=1S/C15H11NOS/c17-15-9-8-12(14-7-4-10-18-14)11-16(15)13-5-2-1-3-6-13/h1-11H. The molecule has 0 radical (unpaired) electrons. The fourth-order valence-corrected chi connectivity index (χ4v) is 2.58.